The zero-order valence-electron chi connectivity index (χ0n) is 12.5. The molecule has 0 radical (unpaired) electrons. The number of benzene rings is 1. The number of ether oxygens (including phenoxy) is 2. The lowest BCUT2D eigenvalue weighted by Gasteiger charge is -2.20. The number of alkyl halides is 3. The number of amides is 1. The first-order chi connectivity index (χ1) is 9.87. The number of halogens is 3. The molecule has 1 amide bonds. The summed E-state index contributed by atoms with van der Waals surface area (Å²) in [5, 5.41) is 2.32. The number of carbonyl (C=O) groups excluding carboxylic acids is 2. The predicted molar refractivity (Wildman–Crippen MR) is 73.0 cm³/mol. The maximum absolute atomic E-state index is 12.2. The van der Waals surface area contributed by atoms with Gasteiger partial charge in [0.2, 0.25) is 0 Å². The number of hydrogen-bond donors (Lipinski definition) is 1. The lowest BCUT2D eigenvalue weighted by atomic mass is 10.1. The molecule has 1 aromatic rings. The molecule has 0 aromatic heterocycles. The van der Waals surface area contributed by atoms with Crippen molar-refractivity contribution in [2.75, 3.05) is 5.32 Å². The molecular formula is C14H16F3NO4. The average Bonchev–Trinajstić information content (AvgIpc) is 2.26. The van der Waals surface area contributed by atoms with E-state index in [1.165, 1.54) is 0 Å². The summed E-state index contributed by atoms with van der Waals surface area (Å²) in [5.41, 5.74) is -0.830. The standard InChI is InChI=1S/C14H16F3NO4/c1-8(19)10-7-9(21-14(15,16)17)5-6-11(10)18-12(20)22-13(2,3)4/h5-7H,1-4H3,(H,18,20). The molecule has 1 rings (SSSR count). The van der Waals surface area contributed by atoms with Crippen LogP contribution in [-0.2, 0) is 4.74 Å². The first-order valence-corrected chi connectivity index (χ1v) is 6.28. The third-order valence-corrected chi connectivity index (χ3v) is 2.24. The fourth-order valence-electron chi connectivity index (χ4n) is 1.53. The Morgan fingerprint density at radius 3 is 2.18 bits per heavy atom. The van der Waals surface area contributed by atoms with Crippen molar-refractivity contribution >= 4 is 17.6 Å². The SMILES string of the molecule is CC(=O)c1cc(OC(F)(F)F)ccc1NC(=O)OC(C)(C)C. The molecule has 0 heterocycles. The van der Waals surface area contributed by atoms with E-state index in [1.807, 2.05) is 0 Å². The quantitative estimate of drug-likeness (QED) is 0.851. The number of nitrogens with one attached hydrogen (secondary N) is 1. The monoisotopic (exact) mass is 319 g/mol. The Hall–Kier alpha value is -2.25. The molecular weight excluding hydrogens is 303 g/mol. The predicted octanol–water partition coefficient (Wildman–Crippen LogP) is 4.13. The van der Waals surface area contributed by atoms with Crippen molar-refractivity contribution in [1.29, 1.82) is 0 Å². The molecule has 122 valence electrons. The van der Waals surface area contributed by atoms with Crippen LogP contribution in [0.5, 0.6) is 5.75 Å². The highest BCUT2D eigenvalue weighted by Gasteiger charge is 2.31. The highest BCUT2D eigenvalue weighted by Crippen LogP contribution is 2.28. The molecule has 0 bridgehead atoms. The minimum absolute atomic E-state index is 0.0382. The maximum atomic E-state index is 12.2. The molecule has 5 nitrogen and oxygen atoms in total. The second-order valence-electron chi connectivity index (χ2n) is 5.44. The molecule has 0 aliphatic heterocycles. The number of hydrogen-bond acceptors (Lipinski definition) is 4. The number of rotatable bonds is 3. The van der Waals surface area contributed by atoms with Crippen molar-refractivity contribution in [3.63, 3.8) is 0 Å². The highest BCUT2D eigenvalue weighted by atomic mass is 19.4. The molecule has 0 fully saturated rings. The Labute approximate surface area is 125 Å². The van der Waals surface area contributed by atoms with Crippen LogP contribution in [0.4, 0.5) is 23.7 Å². The van der Waals surface area contributed by atoms with Gasteiger partial charge in [-0.25, -0.2) is 4.79 Å². The molecule has 0 spiro atoms. The summed E-state index contributed by atoms with van der Waals surface area (Å²) in [7, 11) is 0. The normalized spacial score (nSPS) is 11.8. The van der Waals surface area contributed by atoms with Crippen LogP contribution in [-0.4, -0.2) is 23.8 Å². The van der Waals surface area contributed by atoms with Crippen molar-refractivity contribution in [3.05, 3.63) is 23.8 Å². The summed E-state index contributed by atoms with van der Waals surface area (Å²) in [6.45, 7) is 6.11. The summed E-state index contributed by atoms with van der Waals surface area (Å²) in [6, 6.07) is 3.04. The Kier molecular flexibility index (Phi) is 5.05. The van der Waals surface area contributed by atoms with Gasteiger partial charge in [-0.1, -0.05) is 0 Å². The Bertz CT molecular complexity index is 576. The fourth-order valence-corrected chi connectivity index (χ4v) is 1.53. The van der Waals surface area contributed by atoms with E-state index in [9.17, 15) is 22.8 Å². The highest BCUT2D eigenvalue weighted by molar-refractivity contribution is 6.03. The van der Waals surface area contributed by atoms with E-state index in [2.05, 4.69) is 10.1 Å². The van der Waals surface area contributed by atoms with Gasteiger partial charge in [-0.2, -0.15) is 0 Å². The maximum Gasteiger partial charge on any atom is 0.573 e. The number of ketones is 1. The molecule has 0 saturated carbocycles. The van der Waals surface area contributed by atoms with E-state index in [-0.39, 0.29) is 11.3 Å². The fraction of sp³-hybridized carbons (Fsp3) is 0.429. The number of carbonyl (C=O) groups is 2. The van der Waals surface area contributed by atoms with Crippen molar-refractivity contribution < 1.29 is 32.2 Å². The van der Waals surface area contributed by atoms with Crippen molar-refractivity contribution in [1.82, 2.24) is 0 Å². The van der Waals surface area contributed by atoms with Gasteiger partial charge < -0.3 is 9.47 Å². The summed E-state index contributed by atoms with van der Waals surface area (Å²) in [4.78, 5) is 23.2. The lowest BCUT2D eigenvalue weighted by molar-refractivity contribution is -0.274. The second-order valence-corrected chi connectivity index (χ2v) is 5.44. The van der Waals surface area contributed by atoms with Crippen LogP contribution in [0.25, 0.3) is 0 Å². The van der Waals surface area contributed by atoms with Gasteiger partial charge in [0, 0.05) is 5.56 Å². The summed E-state index contributed by atoms with van der Waals surface area (Å²) in [5.74, 6) is -1.08. The number of Topliss-reactive ketones (excluding diaryl/α,β-unsaturated/α-hetero) is 1. The molecule has 0 aliphatic rings. The third kappa shape index (κ3) is 6.02. The summed E-state index contributed by atoms with van der Waals surface area (Å²) in [6.07, 6.45) is -5.69. The van der Waals surface area contributed by atoms with Crippen LogP contribution in [0.2, 0.25) is 0 Å². The Balaban J connectivity index is 3.01. The van der Waals surface area contributed by atoms with Gasteiger partial charge in [0.25, 0.3) is 0 Å². The smallest absolute Gasteiger partial charge is 0.444 e. The first-order valence-electron chi connectivity index (χ1n) is 6.28. The van der Waals surface area contributed by atoms with Gasteiger partial charge >= 0.3 is 12.5 Å². The topological polar surface area (TPSA) is 64.6 Å². The number of anilines is 1. The molecule has 0 saturated heterocycles. The van der Waals surface area contributed by atoms with Gasteiger partial charge in [0.1, 0.15) is 11.4 Å². The van der Waals surface area contributed by atoms with Gasteiger partial charge in [-0.05, 0) is 45.9 Å². The van der Waals surface area contributed by atoms with E-state index in [1.54, 1.807) is 20.8 Å². The van der Waals surface area contributed by atoms with Gasteiger partial charge in [0.15, 0.2) is 5.78 Å². The van der Waals surface area contributed by atoms with Crippen molar-refractivity contribution in [2.45, 2.75) is 39.7 Å². The minimum Gasteiger partial charge on any atom is -0.444 e. The molecule has 0 atom stereocenters. The van der Waals surface area contributed by atoms with Crippen molar-refractivity contribution in [3.8, 4) is 5.75 Å². The van der Waals surface area contributed by atoms with Crippen LogP contribution in [0, 0.1) is 0 Å². The zero-order chi connectivity index (χ0) is 17.1. The molecule has 22 heavy (non-hydrogen) atoms. The first kappa shape index (κ1) is 17.8. The minimum atomic E-state index is -4.87. The van der Waals surface area contributed by atoms with Gasteiger partial charge in [-0.3, -0.25) is 10.1 Å². The molecule has 1 aromatic carbocycles. The Morgan fingerprint density at radius 1 is 1.14 bits per heavy atom. The molecule has 1 N–H and O–H groups in total. The second kappa shape index (κ2) is 6.25. The van der Waals surface area contributed by atoms with E-state index >= 15 is 0 Å². The largest absolute Gasteiger partial charge is 0.573 e. The van der Waals surface area contributed by atoms with Crippen molar-refractivity contribution in [2.24, 2.45) is 0 Å². The van der Waals surface area contributed by atoms with E-state index < -0.39 is 29.6 Å². The Morgan fingerprint density at radius 2 is 1.73 bits per heavy atom. The van der Waals surface area contributed by atoms with Crippen LogP contribution in [0.3, 0.4) is 0 Å². The van der Waals surface area contributed by atoms with Crippen LogP contribution < -0.4 is 10.1 Å². The van der Waals surface area contributed by atoms with E-state index in [0.717, 1.165) is 25.1 Å². The average molecular weight is 319 g/mol. The third-order valence-electron chi connectivity index (χ3n) is 2.24. The summed E-state index contributed by atoms with van der Waals surface area (Å²) >= 11 is 0. The van der Waals surface area contributed by atoms with Crippen LogP contribution >= 0.6 is 0 Å². The summed E-state index contributed by atoms with van der Waals surface area (Å²) < 4.78 is 45.3. The molecule has 0 aliphatic carbocycles. The van der Waals surface area contributed by atoms with Gasteiger partial charge in [-0.15, -0.1) is 13.2 Å². The zero-order valence-corrected chi connectivity index (χ0v) is 12.5. The lowest BCUT2D eigenvalue weighted by Crippen LogP contribution is -2.27. The molecule has 0 unspecified atom stereocenters. The molecule has 8 heteroatoms. The van der Waals surface area contributed by atoms with E-state index in [4.69, 9.17) is 4.74 Å². The van der Waals surface area contributed by atoms with E-state index in [0.29, 0.717) is 0 Å². The van der Waals surface area contributed by atoms with Gasteiger partial charge in [0.05, 0.1) is 5.69 Å². The van der Waals surface area contributed by atoms with Crippen LogP contribution in [0.15, 0.2) is 18.2 Å². The van der Waals surface area contributed by atoms with Crippen LogP contribution in [0.1, 0.15) is 38.1 Å².